The lowest BCUT2D eigenvalue weighted by Crippen LogP contribution is -2.22. The van der Waals surface area contributed by atoms with Gasteiger partial charge in [-0.2, -0.15) is 0 Å². The number of aromatic nitrogens is 2. The van der Waals surface area contributed by atoms with Gasteiger partial charge in [-0.3, -0.25) is 4.98 Å². The summed E-state index contributed by atoms with van der Waals surface area (Å²) < 4.78 is 0. The highest BCUT2D eigenvalue weighted by Gasteiger charge is 2.04. The van der Waals surface area contributed by atoms with E-state index in [0.717, 1.165) is 18.7 Å². The number of nitrogens with two attached hydrogens (primary N) is 1. The molecule has 4 N–H and O–H groups in total. The quantitative estimate of drug-likeness (QED) is 0.465. The van der Waals surface area contributed by atoms with E-state index in [1.807, 2.05) is 7.05 Å². The number of nitrogen functional groups attached to an aromatic ring is 1. The van der Waals surface area contributed by atoms with E-state index in [9.17, 15) is 0 Å². The number of anilines is 1. The Morgan fingerprint density at radius 2 is 2.25 bits per heavy atom. The van der Waals surface area contributed by atoms with Gasteiger partial charge in [0.15, 0.2) is 5.82 Å². The van der Waals surface area contributed by atoms with E-state index in [4.69, 9.17) is 10.9 Å². The highest BCUT2D eigenvalue weighted by molar-refractivity contribution is 5.28. The molecule has 0 bridgehead atoms. The fourth-order valence-corrected chi connectivity index (χ4v) is 1.27. The summed E-state index contributed by atoms with van der Waals surface area (Å²) in [5.74, 6) is 5.74. The molecule has 90 valence electrons. The molecule has 0 aliphatic heterocycles. The van der Waals surface area contributed by atoms with E-state index in [0.29, 0.717) is 12.4 Å². The maximum atomic E-state index is 9.16. The summed E-state index contributed by atoms with van der Waals surface area (Å²) in [5.41, 5.74) is 3.31. The zero-order chi connectivity index (χ0) is 12.0. The molecule has 0 radical (unpaired) electrons. The lowest BCUT2D eigenvalue weighted by atomic mass is 10.2. The number of nitrogens with zero attached hydrogens (tertiary/aromatic N) is 3. The number of nitrogens with one attached hydrogen (secondary N) is 1. The maximum absolute atomic E-state index is 9.16. The summed E-state index contributed by atoms with van der Waals surface area (Å²) in [4.78, 5) is 10.4. The molecule has 0 aromatic carbocycles. The number of rotatable bonds is 6. The van der Waals surface area contributed by atoms with Crippen LogP contribution >= 0.6 is 0 Å². The van der Waals surface area contributed by atoms with Gasteiger partial charge in [0.05, 0.1) is 24.2 Å². The van der Waals surface area contributed by atoms with Crippen molar-refractivity contribution in [2.45, 2.75) is 26.0 Å². The Morgan fingerprint density at radius 1 is 1.50 bits per heavy atom. The Balaban J connectivity index is 2.40. The van der Waals surface area contributed by atoms with Crippen LogP contribution in [0, 0.1) is 0 Å². The minimum atomic E-state index is -0.266. The Hall–Kier alpha value is -1.24. The summed E-state index contributed by atoms with van der Waals surface area (Å²) in [7, 11) is 1.99. The topological polar surface area (TPSA) is 87.3 Å². The number of aliphatic hydroxyl groups is 1. The smallest absolute Gasteiger partial charge is 0.158 e. The van der Waals surface area contributed by atoms with E-state index in [2.05, 4.69) is 20.3 Å². The predicted octanol–water partition coefficient (Wildman–Crippen LogP) is -0.0351. The maximum Gasteiger partial charge on any atom is 0.158 e. The fourth-order valence-electron chi connectivity index (χ4n) is 1.27. The Morgan fingerprint density at radius 3 is 2.75 bits per heavy atom. The van der Waals surface area contributed by atoms with Crippen molar-refractivity contribution in [2.24, 2.45) is 5.84 Å². The second-order valence-electron chi connectivity index (χ2n) is 3.91. The first-order chi connectivity index (χ1) is 7.61. The van der Waals surface area contributed by atoms with Gasteiger partial charge in [0.1, 0.15) is 0 Å². The number of hydrazine groups is 1. The third kappa shape index (κ3) is 4.52. The van der Waals surface area contributed by atoms with Gasteiger partial charge in [-0.05, 0) is 20.4 Å². The van der Waals surface area contributed by atoms with Crippen molar-refractivity contribution >= 4 is 5.82 Å². The van der Waals surface area contributed by atoms with Crippen LogP contribution in [-0.4, -0.2) is 39.7 Å². The number of hydrogen-bond donors (Lipinski definition) is 3. The molecule has 1 heterocycles. The van der Waals surface area contributed by atoms with Gasteiger partial charge in [-0.1, -0.05) is 0 Å². The molecule has 0 fully saturated rings. The molecule has 0 aliphatic carbocycles. The fraction of sp³-hybridized carbons (Fsp3) is 0.600. The van der Waals surface area contributed by atoms with Crippen molar-refractivity contribution in [3.63, 3.8) is 0 Å². The summed E-state index contributed by atoms with van der Waals surface area (Å²) in [5, 5.41) is 9.16. The summed E-state index contributed by atoms with van der Waals surface area (Å²) >= 11 is 0. The van der Waals surface area contributed by atoms with Crippen LogP contribution in [0.25, 0.3) is 0 Å². The summed E-state index contributed by atoms with van der Waals surface area (Å²) in [6.45, 7) is 3.33. The third-order valence-corrected chi connectivity index (χ3v) is 2.21. The van der Waals surface area contributed by atoms with Crippen molar-refractivity contribution < 1.29 is 5.11 Å². The van der Waals surface area contributed by atoms with E-state index >= 15 is 0 Å². The predicted molar refractivity (Wildman–Crippen MR) is 62.5 cm³/mol. The van der Waals surface area contributed by atoms with Gasteiger partial charge in [0.2, 0.25) is 0 Å². The molecule has 6 nitrogen and oxygen atoms in total. The molecule has 0 amide bonds. The van der Waals surface area contributed by atoms with Crippen LogP contribution in [0.2, 0.25) is 0 Å². The molecule has 0 saturated heterocycles. The van der Waals surface area contributed by atoms with Crippen molar-refractivity contribution in [3.05, 3.63) is 18.1 Å². The van der Waals surface area contributed by atoms with Crippen LogP contribution in [0.1, 0.15) is 19.0 Å². The van der Waals surface area contributed by atoms with Crippen LogP contribution in [0.4, 0.5) is 5.82 Å². The highest BCUT2D eigenvalue weighted by Crippen LogP contribution is 2.03. The molecular formula is C10H19N5O. The SMILES string of the molecule is CC(O)CCN(C)Cc1cnc(NN)cn1. The van der Waals surface area contributed by atoms with Gasteiger partial charge in [0, 0.05) is 13.1 Å². The molecule has 1 aromatic rings. The standard InChI is InChI=1S/C10H19N5O/c1-8(16)3-4-15(2)7-9-5-13-10(14-11)6-12-9/h5-6,8,16H,3-4,7,11H2,1-2H3,(H,13,14). The zero-order valence-electron chi connectivity index (χ0n) is 9.72. The van der Waals surface area contributed by atoms with Crippen LogP contribution < -0.4 is 11.3 Å². The van der Waals surface area contributed by atoms with Gasteiger partial charge in [-0.25, -0.2) is 10.8 Å². The molecule has 1 aromatic heterocycles. The summed E-state index contributed by atoms with van der Waals surface area (Å²) in [6, 6.07) is 0. The highest BCUT2D eigenvalue weighted by atomic mass is 16.3. The van der Waals surface area contributed by atoms with Gasteiger partial charge < -0.3 is 15.4 Å². The van der Waals surface area contributed by atoms with Crippen molar-refractivity contribution in [1.29, 1.82) is 0 Å². The van der Waals surface area contributed by atoms with Gasteiger partial charge in [0.25, 0.3) is 0 Å². The molecule has 1 atom stereocenters. The minimum absolute atomic E-state index is 0.266. The molecule has 6 heteroatoms. The Labute approximate surface area is 95.5 Å². The molecule has 0 spiro atoms. The van der Waals surface area contributed by atoms with Crippen LogP contribution in [-0.2, 0) is 6.54 Å². The molecule has 1 rings (SSSR count). The van der Waals surface area contributed by atoms with Crippen molar-refractivity contribution in [1.82, 2.24) is 14.9 Å². The first-order valence-corrected chi connectivity index (χ1v) is 5.26. The number of aliphatic hydroxyl groups excluding tert-OH is 1. The van der Waals surface area contributed by atoms with E-state index in [1.165, 1.54) is 0 Å². The van der Waals surface area contributed by atoms with Crippen LogP contribution in [0.3, 0.4) is 0 Å². The van der Waals surface area contributed by atoms with E-state index in [-0.39, 0.29) is 6.10 Å². The van der Waals surface area contributed by atoms with Gasteiger partial charge in [-0.15, -0.1) is 0 Å². The van der Waals surface area contributed by atoms with E-state index < -0.39 is 0 Å². The summed E-state index contributed by atoms with van der Waals surface area (Å²) in [6.07, 6.45) is 3.77. The lowest BCUT2D eigenvalue weighted by molar-refractivity contribution is 0.162. The van der Waals surface area contributed by atoms with Crippen molar-refractivity contribution in [2.75, 3.05) is 19.0 Å². The third-order valence-electron chi connectivity index (χ3n) is 2.21. The molecule has 0 saturated carbocycles. The minimum Gasteiger partial charge on any atom is -0.393 e. The largest absolute Gasteiger partial charge is 0.393 e. The first kappa shape index (κ1) is 12.8. The molecule has 1 unspecified atom stereocenters. The zero-order valence-corrected chi connectivity index (χ0v) is 9.72. The average molecular weight is 225 g/mol. The number of hydrogen-bond acceptors (Lipinski definition) is 6. The second-order valence-corrected chi connectivity index (χ2v) is 3.91. The van der Waals surface area contributed by atoms with Gasteiger partial charge >= 0.3 is 0 Å². The monoisotopic (exact) mass is 225 g/mol. The average Bonchev–Trinajstić information content (AvgIpc) is 2.27. The van der Waals surface area contributed by atoms with Crippen molar-refractivity contribution in [3.8, 4) is 0 Å². The molecular weight excluding hydrogens is 206 g/mol. The normalized spacial score (nSPS) is 12.8. The second kappa shape index (κ2) is 6.37. The van der Waals surface area contributed by atoms with E-state index in [1.54, 1.807) is 19.3 Å². The lowest BCUT2D eigenvalue weighted by Gasteiger charge is -2.16. The Bertz CT molecular complexity index is 301. The molecule has 16 heavy (non-hydrogen) atoms. The Kier molecular flexibility index (Phi) is 5.10. The molecule has 0 aliphatic rings. The van der Waals surface area contributed by atoms with Crippen LogP contribution in [0.5, 0.6) is 0 Å². The van der Waals surface area contributed by atoms with Crippen LogP contribution in [0.15, 0.2) is 12.4 Å². The first-order valence-electron chi connectivity index (χ1n) is 5.26.